The molecule has 0 unspecified atom stereocenters. The van der Waals surface area contributed by atoms with Crippen molar-refractivity contribution in [2.75, 3.05) is 0 Å². The first-order valence-electron chi connectivity index (χ1n) is 9.68. The van der Waals surface area contributed by atoms with Crippen LogP contribution in [0, 0.1) is 0 Å². The van der Waals surface area contributed by atoms with Crippen LogP contribution in [0.15, 0.2) is 101 Å². The van der Waals surface area contributed by atoms with Gasteiger partial charge in [-0.3, -0.25) is 4.79 Å². The van der Waals surface area contributed by atoms with Gasteiger partial charge < -0.3 is 13.9 Å². The zero-order valence-electron chi connectivity index (χ0n) is 16.3. The quantitative estimate of drug-likeness (QED) is 0.242. The van der Waals surface area contributed by atoms with Crippen molar-refractivity contribution in [3.63, 3.8) is 0 Å². The molecule has 1 aliphatic heterocycles. The highest BCUT2D eigenvalue weighted by molar-refractivity contribution is 6.12. The van der Waals surface area contributed by atoms with Crippen LogP contribution < -0.4 is 9.47 Å². The fourth-order valence-electron chi connectivity index (χ4n) is 3.30. The second kappa shape index (κ2) is 7.80. The van der Waals surface area contributed by atoms with E-state index in [0.29, 0.717) is 16.9 Å². The zero-order valence-corrected chi connectivity index (χ0v) is 16.3. The van der Waals surface area contributed by atoms with Gasteiger partial charge in [-0.2, -0.15) is 0 Å². The Morgan fingerprint density at radius 2 is 1.71 bits per heavy atom. The molecular formula is C26H16O5. The summed E-state index contributed by atoms with van der Waals surface area (Å²) in [6.07, 6.45) is 5.26. The number of para-hydroxylation sites is 1. The Hall–Kier alpha value is -4.38. The van der Waals surface area contributed by atoms with Crippen LogP contribution in [0.3, 0.4) is 0 Å². The topological polar surface area (TPSA) is 65.7 Å². The number of esters is 1. The standard InChI is InChI=1S/C26H16O5/c27-25-20-14-13-19(29-26(28)24-15-18-10-4-5-11-21(18)30-24)16-23(20)31-22(25)12-6-9-17-7-2-1-3-8-17/h1-16H/b9-6+,22-12-. The van der Waals surface area contributed by atoms with Crippen LogP contribution in [0.4, 0.5) is 0 Å². The summed E-state index contributed by atoms with van der Waals surface area (Å²) in [6, 6.07) is 23.4. The number of carbonyl (C=O) groups is 2. The fraction of sp³-hybridized carbons (Fsp3) is 0. The average molecular weight is 408 g/mol. The lowest BCUT2D eigenvalue weighted by molar-refractivity contribution is 0.0703. The molecule has 31 heavy (non-hydrogen) atoms. The predicted molar refractivity (Wildman–Crippen MR) is 116 cm³/mol. The number of ether oxygens (including phenoxy) is 2. The molecule has 0 saturated carbocycles. The number of rotatable bonds is 4. The van der Waals surface area contributed by atoms with Crippen molar-refractivity contribution in [3.8, 4) is 11.5 Å². The normalized spacial score (nSPS) is 14.2. The second-order valence-electron chi connectivity index (χ2n) is 6.93. The number of hydrogen-bond donors (Lipinski definition) is 0. The van der Waals surface area contributed by atoms with Crippen molar-refractivity contribution in [1.82, 2.24) is 0 Å². The van der Waals surface area contributed by atoms with Crippen LogP contribution in [0.1, 0.15) is 26.5 Å². The van der Waals surface area contributed by atoms with Gasteiger partial charge in [0.1, 0.15) is 17.1 Å². The van der Waals surface area contributed by atoms with Gasteiger partial charge in [0, 0.05) is 11.5 Å². The average Bonchev–Trinajstić information content (AvgIpc) is 3.36. The fourth-order valence-corrected chi connectivity index (χ4v) is 3.30. The number of fused-ring (bicyclic) bond motifs is 2. The van der Waals surface area contributed by atoms with Crippen molar-refractivity contribution in [3.05, 3.63) is 114 Å². The molecule has 1 aromatic heterocycles. The van der Waals surface area contributed by atoms with Crippen LogP contribution in [-0.4, -0.2) is 11.8 Å². The van der Waals surface area contributed by atoms with Crippen LogP contribution in [0.25, 0.3) is 17.0 Å². The van der Waals surface area contributed by atoms with Gasteiger partial charge in [-0.15, -0.1) is 0 Å². The third-order valence-corrected chi connectivity index (χ3v) is 4.81. The highest BCUT2D eigenvalue weighted by atomic mass is 16.5. The Kier molecular flexibility index (Phi) is 4.69. The number of Topliss-reactive ketones (excluding diaryl/α,β-unsaturated/α-hetero) is 1. The number of allylic oxidation sites excluding steroid dienone is 3. The summed E-state index contributed by atoms with van der Waals surface area (Å²) < 4.78 is 16.6. The third kappa shape index (κ3) is 3.76. The summed E-state index contributed by atoms with van der Waals surface area (Å²) in [7, 11) is 0. The third-order valence-electron chi connectivity index (χ3n) is 4.81. The Morgan fingerprint density at radius 3 is 2.55 bits per heavy atom. The van der Waals surface area contributed by atoms with E-state index in [1.165, 1.54) is 6.07 Å². The maximum absolute atomic E-state index is 12.5. The molecule has 5 heteroatoms. The van der Waals surface area contributed by atoms with Crippen molar-refractivity contribution in [1.29, 1.82) is 0 Å². The Labute approximate surface area is 177 Å². The minimum Gasteiger partial charge on any atom is -0.452 e. The summed E-state index contributed by atoms with van der Waals surface area (Å²) in [5, 5.41) is 0.815. The molecule has 0 saturated heterocycles. The lowest BCUT2D eigenvalue weighted by atomic mass is 10.1. The predicted octanol–water partition coefficient (Wildman–Crippen LogP) is 5.82. The number of hydrogen-bond acceptors (Lipinski definition) is 5. The molecule has 0 atom stereocenters. The molecule has 150 valence electrons. The van der Waals surface area contributed by atoms with Crippen molar-refractivity contribution < 1.29 is 23.5 Å². The SMILES string of the molecule is O=C(Oc1ccc2c(c1)O/C(=C\C=C\c1ccccc1)C2=O)c1cc2ccccc2o1. The van der Waals surface area contributed by atoms with Gasteiger partial charge in [-0.1, -0.05) is 60.7 Å². The van der Waals surface area contributed by atoms with E-state index < -0.39 is 5.97 Å². The molecule has 0 spiro atoms. The maximum atomic E-state index is 12.5. The molecule has 5 rings (SSSR count). The highest BCUT2D eigenvalue weighted by Gasteiger charge is 2.27. The van der Waals surface area contributed by atoms with E-state index in [4.69, 9.17) is 13.9 Å². The molecule has 5 nitrogen and oxygen atoms in total. The van der Waals surface area contributed by atoms with Gasteiger partial charge in [0.15, 0.2) is 5.76 Å². The molecule has 0 aliphatic carbocycles. The molecule has 4 aromatic rings. The van der Waals surface area contributed by atoms with E-state index in [2.05, 4.69) is 0 Å². The number of ketones is 1. The lowest BCUT2D eigenvalue weighted by Crippen LogP contribution is -2.07. The number of benzene rings is 3. The molecule has 0 fully saturated rings. The molecule has 3 aromatic carbocycles. The first-order chi connectivity index (χ1) is 15.2. The van der Waals surface area contributed by atoms with E-state index in [1.54, 1.807) is 36.4 Å². The molecule has 0 N–H and O–H groups in total. The minimum absolute atomic E-state index is 0.102. The largest absolute Gasteiger partial charge is 0.452 e. The van der Waals surface area contributed by atoms with Gasteiger partial charge in [0.2, 0.25) is 11.5 Å². The van der Waals surface area contributed by atoms with Crippen molar-refractivity contribution >= 4 is 28.8 Å². The Balaban J connectivity index is 1.32. The molecule has 1 aliphatic rings. The summed E-state index contributed by atoms with van der Waals surface area (Å²) in [4.78, 5) is 25.0. The van der Waals surface area contributed by atoms with Crippen LogP contribution in [-0.2, 0) is 0 Å². The lowest BCUT2D eigenvalue weighted by Gasteiger charge is -2.03. The van der Waals surface area contributed by atoms with E-state index >= 15 is 0 Å². The molecule has 0 bridgehead atoms. The van der Waals surface area contributed by atoms with Crippen LogP contribution in [0.5, 0.6) is 11.5 Å². The Bertz CT molecular complexity index is 1330. The van der Waals surface area contributed by atoms with Crippen molar-refractivity contribution in [2.24, 2.45) is 0 Å². The second-order valence-corrected chi connectivity index (χ2v) is 6.93. The van der Waals surface area contributed by atoms with Gasteiger partial charge in [-0.25, -0.2) is 4.79 Å². The van der Waals surface area contributed by atoms with Crippen LogP contribution >= 0.6 is 0 Å². The summed E-state index contributed by atoms with van der Waals surface area (Å²) in [5.41, 5.74) is 2.04. The first-order valence-corrected chi connectivity index (χ1v) is 9.68. The molecule has 2 heterocycles. The van der Waals surface area contributed by atoms with E-state index in [9.17, 15) is 9.59 Å². The minimum atomic E-state index is -0.623. The van der Waals surface area contributed by atoms with Gasteiger partial charge >= 0.3 is 5.97 Å². The zero-order chi connectivity index (χ0) is 21.2. The van der Waals surface area contributed by atoms with Crippen LogP contribution in [0.2, 0.25) is 0 Å². The molecular weight excluding hydrogens is 392 g/mol. The monoisotopic (exact) mass is 408 g/mol. The highest BCUT2D eigenvalue weighted by Crippen LogP contribution is 2.34. The molecule has 0 radical (unpaired) electrons. The smallest absolute Gasteiger partial charge is 0.379 e. The van der Waals surface area contributed by atoms with Gasteiger partial charge in [0.25, 0.3) is 0 Å². The first kappa shape index (κ1) is 18.6. The maximum Gasteiger partial charge on any atom is 0.379 e. The van der Waals surface area contributed by atoms with E-state index in [-0.39, 0.29) is 23.1 Å². The van der Waals surface area contributed by atoms with E-state index in [1.807, 2.05) is 54.6 Å². The van der Waals surface area contributed by atoms with Crippen molar-refractivity contribution in [2.45, 2.75) is 0 Å². The molecule has 0 amide bonds. The number of furan rings is 1. The summed E-state index contributed by atoms with van der Waals surface area (Å²) in [5.74, 6) is 0.0792. The number of carbonyl (C=O) groups excluding carboxylic acids is 2. The van der Waals surface area contributed by atoms with E-state index in [0.717, 1.165) is 10.9 Å². The Morgan fingerprint density at radius 1 is 0.903 bits per heavy atom. The summed E-state index contributed by atoms with van der Waals surface area (Å²) in [6.45, 7) is 0. The summed E-state index contributed by atoms with van der Waals surface area (Å²) >= 11 is 0. The van der Waals surface area contributed by atoms with Gasteiger partial charge in [0.05, 0.1) is 5.56 Å². The van der Waals surface area contributed by atoms with Gasteiger partial charge in [-0.05, 0) is 35.9 Å².